The van der Waals surface area contributed by atoms with Gasteiger partial charge < -0.3 is 5.73 Å². The first-order valence-electron chi connectivity index (χ1n) is 5.64. The number of halogens is 2. The van der Waals surface area contributed by atoms with Crippen molar-refractivity contribution in [1.29, 1.82) is 0 Å². The van der Waals surface area contributed by atoms with Gasteiger partial charge in [0.2, 0.25) is 0 Å². The van der Waals surface area contributed by atoms with E-state index in [9.17, 15) is 8.42 Å². The second-order valence-corrected chi connectivity index (χ2v) is 7.17. The summed E-state index contributed by atoms with van der Waals surface area (Å²) in [6.45, 7) is 1.66. The molecule has 0 aromatic heterocycles. The van der Waals surface area contributed by atoms with Crippen molar-refractivity contribution in [2.24, 2.45) is 0 Å². The van der Waals surface area contributed by atoms with Crippen LogP contribution in [0.25, 0.3) is 0 Å². The van der Waals surface area contributed by atoms with Crippen LogP contribution in [0.15, 0.2) is 45.8 Å². The zero-order valence-corrected chi connectivity index (χ0v) is 13.7. The first-order valence-corrected chi connectivity index (χ1v) is 8.29. The average Bonchev–Trinajstić information content (AvgIpc) is 2.36. The van der Waals surface area contributed by atoms with Crippen molar-refractivity contribution in [1.82, 2.24) is 0 Å². The molecule has 4 nitrogen and oxygen atoms in total. The maximum absolute atomic E-state index is 12.4. The van der Waals surface area contributed by atoms with E-state index in [-0.39, 0.29) is 4.90 Å². The fourth-order valence-corrected chi connectivity index (χ4v) is 3.63. The summed E-state index contributed by atoms with van der Waals surface area (Å²) >= 11 is 9.26. The molecule has 0 aliphatic heterocycles. The Bertz CT molecular complexity index is 763. The Morgan fingerprint density at radius 3 is 2.65 bits per heavy atom. The molecule has 106 valence electrons. The predicted octanol–water partition coefficient (Wildman–Crippen LogP) is 3.79. The van der Waals surface area contributed by atoms with Crippen LogP contribution in [-0.4, -0.2) is 8.42 Å². The Balaban J connectivity index is 2.46. The standard InChI is InChI=1S/C13H12BrClN2O2S/c1-8-11(16)3-2-4-13(8)20(18,19)17-12-7-9(14)5-6-10(12)15/h2-7,17H,16H2,1H3. The van der Waals surface area contributed by atoms with Crippen molar-refractivity contribution < 1.29 is 8.42 Å². The summed E-state index contributed by atoms with van der Waals surface area (Å²) in [7, 11) is -3.74. The Morgan fingerprint density at radius 2 is 1.95 bits per heavy atom. The molecular formula is C13H12BrClN2O2S. The number of nitrogens with two attached hydrogens (primary N) is 1. The van der Waals surface area contributed by atoms with Crippen LogP contribution in [0.3, 0.4) is 0 Å². The molecule has 0 atom stereocenters. The molecule has 7 heteroatoms. The van der Waals surface area contributed by atoms with Crippen LogP contribution < -0.4 is 10.5 Å². The van der Waals surface area contributed by atoms with Crippen molar-refractivity contribution >= 4 is 48.9 Å². The predicted molar refractivity (Wildman–Crippen MR) is 85.6 cm³/mol. The number of anilines is 2. The Hall–Kier alpha value is -1.24. The van der Waals surface area contributed by atoms with Crippen LogP contribution in [0, 0.1) is 6.92 Å². The maximum Gasteiger partial charge on any atom is 0.262 e. The molecule has 0 saturated heterocycles. The molecule has 3 N–H and O–H groups in total. The molecule has 0 aliphatic rings. The molecule has 0 saturated carbocycles. The minimum absolute atomic E-state index is 0.133. The first kappa shape index (κ1) is 15.2. The van der Waals surface area contributed by atoms with Gasteiger partial charge in [-0.2, -0.15) is 0 Å². The highest BCUT2D eigenvalue weighted by Gasteiger charge is 2.19. The summed E-state index contributed by atoms with van der Waals surface area (Å²) in [6.07, 6.45) is 0. The highest BCUT2D eigenvalue weighted by molar-refractivity contribution is 9.10. The van der Waals surface area contributed by atoms with E-state index in [0.29, 0.717) is 22.0 Å². The topological polar surface area (TPSA) is 72.2 Å². The fraction of sp³-hybridized carbons (Fsp3) is 0.0769. The molecule has 2 rings (SSSR count). The van der Waals surface area contributed by atoms with Gasteiger partial charge in [-0.3, -0.25) is 4.72 Å². The van der Waals surface area contributed by atoms with E-state index < -0.39 is 10.0 Å². The van der Waals surface area contributed by atoms with Gasteiger partial charge in [-0.25, -0.2) is 8.42 Å². The zero-order chi connectivity index (χ0) is 14.9. The van der Waals surface area contributed by atoms with E-state index in [2.05, 4.69) is 20.7 Å². The van der Waals surface area contributed by atoms with Crippen molar-refractivity contribution in [2.45, 2.75) is 11.8 Å². The van der Waals surface area contributed by atoms with E-state index in [1.807, 2.05) is 0 Å². The van der Waals surface area contributed by atoms with Gasteiger partial charge in [0, 0.05) is 10.2 Å². The van der Waals surface area contributed by atoms with Crippen molar-refractivity contribution in [3.8, 4) is 0 Å². The van der Waals surface area contributed by atoms with Gasteiger partial charge in [-0.1, -0.05) is 33.6 Å². The Morgan fingerprint density at radius 1 is 1.25 bits per heavy atom. The van der Waals surface area contributed by atoms with Crippen molar-refractivity contribution in [3.05, 3.63) is 51.5 Å². The smallest absolute Gasteiger partial charge is 0.262 e. The van der Waals surface area contributed by atoms with Gasteiger partial charge in [0.25, 0.3) is 10.0 Å². The summed E-state index contributed by atoms with van der Waals surface area (Å²) < 4.78 is 28.0. The van der Waals surface area contributed by atoms with Gasteiger partial charge in [0.15, 0.2) is 0 Å². The second kappa shape index (κ2) is 5.63. The summed E-state index contributed by atoms with van der Waals surface area (Å²) in [5, 5.41) is 0.318. The molecular weight excluding hydrogens is 364 g/mol. The minimum atomic E-state index is -3.74. The van der Waals surface area contributed by atoms with Gasteiger partial charge in [-0.05, 0) is 42.8 Å². The summed E-state index contributed by atoms with van der Waals surface area (Å²) in [5.74, 6) is 0. The van der Waals surface area contributed by atoms with Gasteiger partial charge in [-0.15, -0.1) is 0 Å². The van der Waals surface area contributed by atoms with Gasteiger partial charge in [0.1, 0.15) is 0 Å². The van der Waals surface area contributed by atoms with Crippen molar-refractivity contribution in [3.63, 3.8) is 0 Å². The van der Waals surface area contributed by atoms with Crippen LogP contribution in [0.5, 0.6) is 0 Å². The van der Waals surface area contributed by atoms with Gasteiger partial charge >= 0.3 is 0 Å². The molecule has 0 bridgehead atoms. The number of sulfonamides is 1. The molecule has 2 aromatic rings. The molecule has 0 spiro atoms. The average molecular weight is 376 g/mol. The highest BCUT2D eigenvalue weighted by atomic mass is 79.9. The molecule has 0 amide bonds. The third kappa shape index (κ3) is 3.08. The highest BCUT2D eigenvalue weighted by Crippen LogP contribution is 2.29. The maximum atomic E-state index is 12.4. The van der Waals surface area contributed by atoms with E-state index in [1.54, 1.807) is 37.3 Å². The van der Waals surface area contributed by atoms with Crippen LogP contribution in [0.2, 0.25) is 5.02 Å². The monoisotopic (exact) mass is 374 g/mol. The SMILES string of the molecule is Cc1c(N)cccc1S(=O)(=O)Nc1cc(Br)ccc1Cl. The quantitative estimate of drug-likeness (QED) is 0.802. The Kier molecular flexibility index (Phi) is 4.27. The number of nitrogen functional groups attached to an aromatic ring is 1. The third-order valence-corrected chi connectivity index (χ3v) is 5.12. The van der Waals surface area contributed by atoms with E-state index >= 15 is 0 Å². The van der Waals surface area contributed by atoms with E-state index in [1.165, 1.54) is 6.07 Å². The number of hydrogen-bond donors (Lipinski definition) is 2. The lowest BCUT2D eigenvalue weighted by Crippen LogP contribution is -2.15. The summed E-state index contributed by atoms with van der Waals surface area (Å²) in [6, 6.07) is 9.68. The lowest BCUT2D eigenvalue weighted by molar-refractivity contribution is 0.600. The molecule has 2 aromatic carbocycles. The molecule has 0 heterocycles. The molecule has 0 unspecified atom stereocenters. The minimum Gasteiger partial charge on any atom is -0.398 e. The molecule has 0 aliphatic carbocycles. The lowest BCUT2D eigenvalue weighted by Gasteiger charge is -2.13. The lowest BCUT2D eigenvalue weighted by atomic mass is 10.2. The first-order chi connectivity index (χ1) is 9.31. The van der Waals surface area contributed by atoms with Crippen LogP contribution >= 0.6 is 27.5 Å². The fourth-order valence-electron chi connectivity index (χ4n) is 1.70. The number of nitrogens with one attached hydrogen (secondary N) is 1. The van der Waals surface area contributed by atoms with Gasteiger partial charge in [0.05, 0.1) is 15.6 Å². The zero-order valence-electron chi connectivity index (χ0n) is 10.5. The van der Waals surface area contributed by atoms with Crippen LogP contribution in [-0.2, 0) is 10.0 Å². The van der Waals surface area contributed by atoms with E-state index in [0.717, 1.165) is 4.47 Å². The number of rotatable bonds is 3. The Labute approximate surface area is 131 Å². The van der Waals surface area contributed by atoms with Crippen molar-refractivity contribution in [2.75, 3.05) is 10.5 Å². The summed E-state index contributed by atoms with van der Waals surface area (Å²) in [4.78, 5) is 0.133. The number of hydrogen-bond acceptors (Lipinski definition) is 3. The molecule has 0 radical (unpaired) electrons. The van der Waals surface area contributed by atoms with Crippen LogP contribution in [0.4, 0.5) is 11.4 Å². The molecule has 0 fully saturated rings. The second-order valence-electron chi connectivity index (χ2n) is 4.20. The normalized spacial score (nSPS) is 11.3. The largest absolute Gasteiger partial charge is 0.398 e. The van der Waals surface area contributed by atoms with E-state index in [4.69, 9.17) is 17.3 Å². The molecule has 20 heavy (non-hydrogen) atoms. The third-order valence-electron chi connectivity index (χ3n) is 2.79. The van der Waals surface area contributed by atoms with Crippen LogP contribution in [0.1, 0.15) is 5.56 Å². The summed E-state index contributed by atoms with van der Waals surface area (Å²) in [5.41, 5.74) is 6.98. The number of benzene rings is 2.